The summed E-state index contributed by atoms with van der Waals surface area (Å²) in [6, 6.07) is 0. The highest BCUT2D eigenvalue weighted by Gasteiger charge is 2.07. The molecule has 0 saturated carbocycles. The molecule has 3 nitrogen and oxygen atoms in total. The van der Waals surface area contributed by atoms with Crippen LogP contribution in [0, 0.1) is 5.41 Å². The van der Waals surface area contributed by atoms with Gasteiger partial charge in [-0.05, 0) is 47.9 Å². The minimum absolute atomic E-state index is 0.384. The number of nitrogens with zero attached hydrogens (tertiary/aromatic N) is 1. The number of aliphatic imine (C=N–C) groups is 1. The molecule has 15 heavy (non-hydrogen) atoms. The van der Waals surface area contributed by atoms with Gasteiger partial charge in [-0.1, -0.05) is 0 Å². The quantitative estimate of drug-likeness (QED) is 0.716. The van der Waals surface area contributed by atoms with E-state index in [1.54, 1.807) is 18.3 Å². The summed E-state index contributed by atoms with van der Waals surface area (Å²) >= 11 is 1.62. The van der Waals surface area contributed by atoms with Crippen molar-refractivity contribution in [3.8, 4) is 0 Å². The highest BCUT2D eigenvalue weighted by Crippen LogP contribution is 2.22. The lowest BCUT2D eigenvalue weighted by Crippen LogP contribution is -1.95. The Hall–Kier alpha value is -1.00. The zero-order chi connectivity index (χ0) is 11.1. The predicted molar refractivity (Wildman–Crippen MR) is 65.4 cm³/mol. The van der Waals surface area contributed by atoms with E-state index in [9.17, 15) is 5.11 Å². The minimum Gasteiger partial charge on any atom is -0.389 e. The maximum absolute atomic E-state index is 9.48. The van der Waals surface area contributed by atoms with E-state index < -0.39 is 0 Å². The first-order chi connectivity index (χ1) is 7.25. The molecule has 1 rings (SSSR count). The summed E-state index contributed by atoms with van der Waals surface area (Å²) in [7, 11) is 0. The second-order valence-electron chi connectivity index (χ2n) is 3.32. The highest BCUT2D eigenvalue weighted by atomic mass is 32.1. The maximum Gasteiger partial charge on any atom is 0.0772 e. The van der Waals surface area contributed by atoms with E-state index in [0.717, 1.165) is 18.4 Å². The molecular formula is C11H16N2OS. The first-order valence-corrected chi connectivity index (χ1v) is 5.90. The molecule has 82 valence electrons. The number of aryl methyl sites for hydroxylation is 1. The summed E-state index contributed by atoms with van der Waals surface area (Å²) in [6.07, 6.45) is 4.51. The van der Waals surface area contributed by atoms with Crippen LogP contribution in [0.4, 0.5) is 0 Å². The van der Waals surface area contributed by atoms with Gasteiger partial charge < -0.3 is 10.5 Å². The SMILES string of the molecule is CC(O)c1cscc1CCC=NCC=N. The van der Waals surface area contributed by atoms with Gasteiger partial charge in [-0.25, -0.2) is 0 Å². The lowest BCUT2D eigenvalue weighted by atomic mass is 10.1. The Morgan fingerprint density at radius 3 is 3.07 bits per heavy atom. The molecule has 1 aromatic rings. The van der Waals surface area contributed by atoms with Gasteiger partial charge in [-0.2, -0.15) is 11.3 Å². The summed E-state index contributed by atoms with van der Waals surface area (Å²) in [4.78, 5) is 4.04. The summed E-state index contributed by atoms with van der Waals surface area (Å²) in [5.41, 5.74) is 2.23. The first-order valence-electron chi connectivity index (χ1n) is 4.96. The third kappa shape index (κ3) is 3.93. The van der Waals surface area contributed by atoms with Crippen molar-refractivity contribution in [1.82, 2.24) is 0 Å². The van der Waals surface area contributed by atoms with Gasteiger partial charge in [-0.3, -0.25) is 4.99 Å². The van der Waals surface area contributed by atoms with Crippen LogP contribution in [0.1, 0.15) is 30.6 Å². The van der Waals surface area contributed by atoms with Crippen LogP contribution in [-0.4, -0.2) is 24.1 Å². The smallest absolute Gasteiger partial charge is 0.0772 e. The Morgan fingerprint density at radius 2 is 2.40 bits per heavy atom. The molecule has 0 radical (unpaired) electrons. The van der Waals surface area contributed by atoms with Crippen LogP contribution in [0.15, 0.2) is 15.8 Å². The van der Waals surface area contributed by atoms with E-state index in [1.165, 1.54) is 11.8 Å². The average Bonchev–Trinajstić information content (AvgIpc) is 2.66. The molecular weight excluding hydrogens is 208 g/mol. The highest BCUT2D eigenvalue weighted by molar-refractivity contribution is 7.08. The van der Waals surface area contributed by atoms with Crippen LogP contribution in [0.2, 0.25) is 0 Å². The number of thiophene rings is 1. The molecule has 1 aromatic heterocycles. The van der Waals surface area contributed by atoms with E-state index in [4.69, 9.17) is 5.41 Å². The van der Waals surface area contributed by atoms with Gasteiger partial charge in [0.25, 0.3) is 0 Å². The summed E-state index contributed by atoms with van der Waals surface area (Å²) < 4.78 is 0. The lowest BCUT2D eigenvalue weighted by Gasteiger charge is -2.04. The largest absolute Gasteiger partial charge is 0.389 e. The Balaban J connectivity index is 2.43. The van der Waals surface area contributed by atoms with Crippen molar-refractivity contribution in [3.05, 3.63) is 21.9 Å². The molecule has 0 aromatic carbocycles. The topological polar surface area (TPSA) is 56.4 Å². The molecule has 0 fully saturated rings. The molecule has 0 aliphatic rings. The van der Waals surface area contributed by atoms with Crippen molar-refractivity contribution >= 4 is 23.8 Å². The Kier molecular flexibility index (Phi) is 5.21. The fourth-order valence-electron chi connectivity index (χ4n) is 1.34. The van der Waals surface area contributed by atoms with Crippen LogP contribution in [0.25, 0.3) is 0 Å². The normalized spacial score (nSPS) is 13.2. The third-order valence-corrected chi connectivity index (χ3v) is 2.91. The number of hydrogen-bond acceptors (Lipinski definition) is 4. The average molecular weight is 224 g/mol. The van der Waals surface area contributed by atoms with Gasteiger partial charge in [0.2, 0.25) is 0 Å². The maximum atomic E-state index is 9.48. The fraction of sp³-hybridized carbons (Fsp3) is 0.455. The Labute approximate surface area is 94.0 Å². The summed E-state index contributed by atoms with van der Waals surface area (Å²) in [6.45, 7) is 2.25. The van der Waals surface area contributed by atoms with Crippen LogP contribution in [-0.2, 0) is 6.42 Å². The lowest BCUT2D eigenvalue weighted by molar-refractivity contribution is 0.199. The molecule has 0 aliphatic carbocycles. The van der Waals surface area contributed by atoms with Gasteiger partial charge in [0, 0.05) is 6.21 Å². The number of aliphatic hydroxyl groups is 1. The van der Waals surface area contributed by atoms with E-state index in [1.807, 2.05) is 11.6 Å². The second kappa shape index (κ2) is 6.48. The van der Waals surface area contributed by atoms with E-state index in [0.29, 0.717) is 6.54 Å². The second-order valence-corrected chi connectivity index (χ2v) is 4.06. The third-order valence-electron chi connectivity index (χ3n) is 2.09. The number of hydrogen-bond donors (Lipinski definition) is 2. The molecule has 1 unspecified atom stereocenters. The van der Waals surface area contributed by atoms with Crippen molar-refractivity contribution in [2.45, 2.75) is 25.9 Å². The first kappa shape index (κ1) is 12.1. The van der Waals surface area contributed by atoms with Crippen molar-refractivity contribution in [1.29, 1.82) is 5.41 Å². The molecule has 2 N–H and O–H groups in total. The number of nitrogens with one attached hydrogen (secondary N) is 1. The zero-order valence-corrected chi connectivity index (χ0v) is 9.63. The van der Waals surface area contributed by atoms with Crippen molar-refractivity contribution in [3.63, 3.8) is 0 Å². The van der Waals surface area contributed by atoms with Crippen molar-refractivity contribution < 1.29 is 5.11 Å². The van der Waals surface area contributed by atoms with Crippen molar-refractivity contribution in [2.75, 3.05) is 6.54 Å². The standard InChI is InChI=1S/C11H16N2OS/c1-9(14)11-8-15-7-10(11)3-2-5-13-6-4-12/h4-5,7-9,12,14H,2-3,6H2,1H3. The number of aliphatic hydroxyl groups excluding tert-OH is 1. The Bertz CT molecular complexity index is 331. The van der Waals surface area contributed by atoms with E-state index >= 15 is 0 Å². The van der Waals surface area contributed by atoms with E-state index in [2.05, 4.69) is 10.4 Å². The van der Waals surface area contributed by atoms with E-state index in [-0.39, 0.29) is 6.10 Å². The molecule has 1 atom stereocenters. The number of rotatable bonds is 6. The van der Waals surface area contributed by atoms with Crippen molar-refractivity contribution in [2.24, 2.45) is 4.99 Å². The van der Waals surface area contributed by atoms with Gasteiger partial charge >= 0.3 is 0 Å². The van der Waals surface area contributed by atoms with Crippen LogP contribution in [0.5, 0.6) is 0 Å². The molecule has 0 aliphatic heterocycles. The zero-order valence-electron chi connectivity index (χ0n) is 8.81. The van der Waals surface area contributed by atoms with Crippen LogP contribution in [0.3, 0.4) is 0 Å². The van der Waals surface area contributed by atoms with Gasteiger partial charge in [0.1, 0.15) is 0 Å². The minimum atomic E-state index is -0.384. The van der Waals surface area contributed by atoms with Crippen LogP contribution >= 0.6 is 11.3 Å². The fourth-order valence-corrected chi connectivity index (χ4v) is 2.32. The molecule has 0 saturated heterocycles. The molecule has 1 heterocycles. The predicted octanol–water partition coefficient (Wildman–Crippen LogP) is 2.45. The van der Waals surface area contributed by atoms with Gasteiger partial charge in [0.15, 0.2) is 0 Å². The molecule has 0 bridgehead atoms. The monoisotopic (exact) mass is 224 g/mol. The van der Waals surface area contributed by atoms with Crippen LogP contribution < -0.4 is 0 Å². The molecule has 4 heteroatoms. The van der Waals surface area contributed by atoms with Gasteiger partial charge in [-0.15, -0.1) is 0 Å². The summed E-state index contributed by atoms with van der Waals surface area (Å²) in [5.74, 6) is 0. The van der Waals surface area contributed by atoms with Gasteiger partial charge in [0.05, 0.1) is 12.6 Å². The molecule has 0 spiro atoms. The summed E-state index contributed by atoms with van der Waals surface area (Å²) in [5, 5.41) is 20.3. The molecule has 0 amide bonds. The Morgan fingerprint density at radius 1 is 1.60 bits per heavy atom.